The highest BCUT2D eigenvalue weighted by Gasteiger charge is 2.24. The van der Waals surface area contributed by atoms with Crippen LogP contribution in [0.5, 0.6) is 0 Å². The van der Waals surface area contributed by atoms with Gasteiger partial charge in [-0.3, -0.25) is 9.59 Å². The molecule has 1 aliphatic heterocycles. The van der Waals surface area contributed by atoms with Crippen molar-refractivity contribution >= 4 is 35.4 Å². The number of nitrogens with one attached hydrogen (secondary N) is 1. The SMILES string of the molecule is CNCC1CCN(C(=O)c2cc(C(C)=O)cs2)CC1.Cl. The van der Waals surface area contributed by atoms with Gasteiger partial charge in [0, 0.05) is 24.0 Å². The van der Waals surface area contributed by atoms with E-state index in [4.69, 9.17) is 0 Å². The van der Waals surface area contributed by atoms with Crippen LogP contribution in [0.25, 0.3) is 0 Å². The number of thiophene rings is 1. The molecule has 1 aromatic heterocycles. The summed E-state index contributed by atoms with van der Waals surface area (Å²) in [5, 5.41) is 4.96. The Kier molecular flexibility index (Phi) is 6.65. The third kappa shape index (κ3) is 4.04. The Balaban J connectivity index is 0.00000200. The maximum atomic E-state index is 12.3. The minimum Gasteiger partial charge on any atom is -0.338 e. The van der Waals surface area contributed by atoms with Gasteiger partial charge in [0.05, 0.1) is 4.88 Å². The monoisotopic (exact) mass is 316 g/mol. The summed E-state index contributed by atoms with van der Waals surface area (Å²) in [5.74, 6) is 0.758. The number of rotatable bonds is 4. The second-order valence-electron chi connectivity index (χ2n) is 5.05. The Hall–Kier alpha value is -0.910. The van der Waals surface area contributed by atoms with E-state index in [0.717, 1.165) is 32.5 Å². The lowest BCUT2D eigenvalue weighted by Crippen LogP contribution is -2.40. The van der Waals surface area contributed by atoms with E-state index in [1.165, 1.54) is 18.3 Å². The van der Waals surface area contributed by atoms with Crippen LogP contribution in [0.1, 0.15) is 39.8 Å². The van der Waals surface area contributed by atoms with E-state index < -0.39 is 0 Å². The summed E-state index contributed by atoms with van der Waals surface area (Å²) in [6.07, 6.45) is 2.11. The fourth-order valence-electron chi connectivity index (χ4n) is 2.42. The van der Waals surface area contributed by atoms with Crippen molar-refractivity contribution in [3.63, 3.8) is 0 Å². The van der Waals surface area contributed by atoms with Crippen LogP contribution in [0.15, 0.2) is 11.4 Å². The molecule has 20 heavy (non-hydrogen) atoms. The maximum Gasteiger partial charge on any atom is 0.263 e. The van der Waals surface area contributed by atoms with Gasteiger partial charge in [0.25, 0.3) is 5.91 Å². The molecule has 0 atom stereocenters. The first-order valence-electron chi connectivity index (χ1n) is 6.65. The zero-order valence-electron chi connectivity index (χ0n) is 11.8. The Bertz CT molecular complexity index is 467. The number of carbonyl (C=O) groups is 2. The molecule has 0 spiro atoms. The molecule has 1 aliphatic rings. The van der Waals surface area contributed by atoms with Gasteiger partial charge in [0.15, 0.2) is 5.78 Å². The average Bonchev–Trinajstić information content (AvgIpc) is 2.89. The standard InChI is InChI=1S/C14H20N2O2S.ClH/c1-10(17)12-7-13(19-9-12)14(18)16-5-3-11(4-6-16)8-15-2;/h7,9,11,15H,3-6,8H2,1-2H3;1H. The van der Waals surface area contributed by atoms with E-state index >= 15 is 0 Å². The average molecular weight is 317 g/mol. The Morgan fingerprint density at radius 2 is 2.05 bits per heavy atom. The number of amides is 1. The molecule has 0 unspecified atom stereocenters. The van der Waals surface area contributed by atoms with Gasteiger partial charge >= 0.3 is 0 Å². The highest BCUT2D eigenvalue weighted by molar-refractivity contribution is 7.12. The van der Waals surface area contributed by atoms with Gasteiger partial charge in [-0.25, -0.2) is 0 Å². The van der Waals surface area contributed by atoms with Crippen molar-refractivity contribution in [3.8, 4) is 0 Å². The van der Waals surface area contributed by atoms with Gasteiger partial charge in [-0.15, -0.1) is 23.7 Å². The smallest absolute Gasteiger partial charge is 0.263 e. The molecule has 1 N–H and O–H groups in total. The number of carbonyl (C=O) groups excluding carboxylic acids is 2. The number of ketones is 1. The maximum absolute atomic E-state index is 12.3. The third-order valence-electron chi connectivity index (χ3n) is 3.61. The van der Waals surface area contributed by atoms with Crippen molar-refractivity contribution in [1.82, 2.24) is 10.2 Å². The first kappa shape index (κ1) is 17.1. The number of piperidine rings is 1. The molecule has 0 saturated carbocycles. The fraction of sp³-hybridized carbons (Fsp3) is 0.571. The minimum atomic E-state index is 0. The van der Waals surface area contributed by atoms with E-state index in [2.05, 4.69) is 5.32 Å². The number of nitrogens with zero attached hydrogens (tertiary/aromatic N) is 1. The van der Waals surface area contributed by atoms with Gasteiger partial charge < -0.3 is 10.2 Å². The van der Waals surface area contributed by atoms with Crippen LogP contribution < -0.4 is 5.32 Å². The molecule has 0 radical (unpaired) electrons. The van der Waals surface area contributed by atoms with Gasteiger partial charge in [-0.05, 0) is 45.3 Å². The Morgan fingerprint density at radius 1 is 1.40 bits per heavy atom. The highest BCUT2D eigenvalue weighted by atomic mass is 35.5. The van der Waals surface area contributed by atoms with E-state index in [9.17, 15) is 9.59 Å². The second-order valence-corrected chi connectivity index (χ2v) is 5.96. The minimum absolute atomic E-state index is 0. The molecule has 4 nitrogen and oxygen atoms in total. The normalized spacial score (nSPS) is 15.8. The highest BCUT2D eigenvalue weighted by Crippen LogP contribution is 2.22. The van der Waals surface area contributed by atoms with Gasteiger partial charge in [0.2, 0.25) is 0 Å². The molecule has 0 aromatic carbocycles. The lowest BCUT2D eigenvalue weighted by Gasteiger charge is -2.31. The zero-order valence-corrected chi connectivity index (χ0v) is 13.5. The summed E-state index contributed by atoms with van der Waals surface area (Å²) in [5.41, 5.74) is 0.637. The number of hydrogen-bond acceptors (Lipinski definition) is 4. The van der Waals surface area contributed by atoms with Crippen LogP contribution in [-0.2, 0) is 0 Å². The van der Waals surface area contributed by atoms with Crippen molar-refractivity contribution in [2.45, 2.75) is 19.8 Å². The molecule has 2 heterocycles. The van der Waals surface area contributed by atoms with E-state index in [1.54, 1.807) is 11.4 Å². The van der Waals surface area contributed by atoms with Crippen molar-refractivity contribution in [3.05, 3.63) is 21.9 Å². The number of hydrogen-bond donors (Lipinski definition) is 1. The van der Waals surface area contributed by atoms with Crippen molar-refractivity contribution < 1.29 is 9.59 Å². The molecule has 1 aromatic rings. The van der Waals surface area contributed by atoms with E-state index in [1.807, 2.05) is 11.9 Å². The van der Waals surface area contributed by atoms with Crippen LogP contribution in [0.2, 0.25) is 0 Å². The first-order chi connectivity index (χ1) is 9.11. The predicted molar refractivity (Wildman–Crippen MR) is 84.1 cm³/mol. The van der Waals surface area contributed by atoms with Crippen molar-refractivity contribution in [2.24, 2.45) is 5.92 Å². The van der Waals surface area contributed by atoms with Crippen LogP contribution in [0.3, 0.4) is 0 Å². The summed E-state index contributed by atoms with van der Waals surface area (Å²) < 4.78 is 0. The predicted octanol–water partition coefficient (Wildman–Crippen LogP) is 2.44. The van der Waals surface area contributed by atoms with Crippen LogP contribution in [-0.4, -0.2) is 43.3 Å². The quantitative estimate of drug-likeness (QED) is 0.868. The molecule has 1 saturated heterocycles. The lowest BCUT2D eigenvalue weighted by atomic mass is 9.97. The summed E-state index contributed by atoms with van der Waals surface area (Å²) in [6, 6.07) is 1.72. The van der Waals surface area contributed by atoms with Crippen molar-refractivity contribution in [1.29, 1.82) is 0 Å². The molecule has 0 aliphatic carbocycles. The van der Waals surface area contributed by atoms with Gasteiger partial charge in [-0.2, -0.15) is 0 Å². The second kappa shape index (κ2) is 7.76. The molecule has 2 rings (SSSR count). The van der Waals surface area contributed by atoms with E-state index in [0.29, 0.717) is 16.4 Å². The van der Waals surface area contributed by atoms with Gasteiger partial charge in [0.1, 0.15) is 0 Å². The molecule has 6 heteroatoms. The number of Topliss-reactive ketones (excluding diaryl/α,β-unsaturated/α-hetero) is 1. The summed E-state index contributed by atoms with van der Waals surface area (Å²) in [4.78, 5) is 26.1. The molecular weight excluding hydrogens is 296 g/mol. The summed E-state index contributed by atoms with van der Waals surface area (Å²) in [7, 11) is 1.96. The molecular formula is C14H21ClN2O2S. The fourth-order valence-corrected chi connectivity index (χ4v) is 3.33. The Morgan fingerprint density at radius 3 is 2.55 bits per heavy atom. The van der Waals surface area contributed by atoms with Crippen LogP contribution in [0, 0.1) is 5.92 Å². The van der Waals surface area contributed by atoms with Crippen LogP contribution >= 0.6 is 23.7 Å². The molecule has 112 valence electrons. The van der Waals surface area contributed by atoms with Crippen molar-refractivity contribution in [2.75, 3.05) is 26.7 Å². The zero-order chi connectivity index (χ0) is 13.8. The van der Waals surface area contributed by atoms with Gasteiger partial charge in [-0.1, -0.05) is 0 Å². The molecule has 1 amide bonds. The largest absolute Gasteiger partial charge is 0.338 e. The molecule has 0 bridgehead atoms. The summed E-state index contributed by atoms with van der Waals surface area (Å²) >= 11 is 1.37. The molecule has 1 fully saturated rings. The topological polar surface area (TPSA) is 49.4 Å². The number of halogens is 1. The van der Waals surface area contributed by atoms with E-state index in [-0.39, 0.29) is 24.1 Å². The Labute approximate surface area is 130 Å². The third-order valence-corrected chi connectivity index (χ3v) is 4.53. The van der Waals surface area contributed by atoms with Crippen LogP contribution in [0.4, 0.5) is 0 Å². The first-order valence-corrected chi connectivity index (χ1v) is 7.53. The lowest BCUT2D eigenvalue weighted by molar-refractivity contribution is 0.0696. The number of likely N-dealkylation sites (tertiary alicyclic amines) is 1. The summed E-state index contributed by atoms with van der Waals surface area (Å²) in [6.45, 7) is 4.19.